The molecule has 22 heavy (non-hydrogen) atoms. The van der Waals surface area contributed by atoms with Gasteiger partial charge in [0.05, 0.1) is 30.9 Å². The minimum atomic E-state index is -0.424. The summed E-state index contributed by atoms with van der Waals surface area (Å²) < 4.78 is 4.65. The molecule has 0 radical (unpaired) electrons. The van der Waals surface area contributed by atoms with Crippen LogP contribution < -0.4 is 10.6 Å². The molecule has 1 aliphatic heterocycles. The number of aliphatic hydroxyl groups is 1. The summed E-state index contributed by atoms with van der Waals surface area (Å²) in [6.45, 7) is 2.52. The Balaban J connectivity index is 1.95. The fourth-order valence-electron chi connectivity index (χ4n) is 2.52. The molecule has 1 aliphatic rings. The second kappa shape index (κ2) is 7.38. The highest BCUT2D eigenvalue weighted by molar-refractivity contribution is 5.89. The number of aliphatic hydroxyl groups excluding tert-OH is 1. The van der Waals surface area contributed by atoms with Crippen molar-refractivity contribution in [2.24, 2.45) is 0 Å². The van der Waals surface area contributed by atoms with Crippen molar-refractivity contribution < 1.29 is 19.4 Å². The quantitative estimate of drug-likeness (QED) is 0.715. The smallest absolute Gasteiger partial charge is 0.337 e. The number of nitrogens with one attached hydrogen (secondary N) is 2. The number of ether oxygens (including phenoxy) is 1. The van der Waals surface area contributed by atoms with Crippen LogP contribution in [0.2, 0.25) is 0 Å². The Hall–Kier alpha value is -1.92. The third-order valence-electron chi connectivity index (χ3n) is 3.88. The fraction of sp³-hybridized carbons (Fsp3) is 0.500. The van der Waals surface area contributed by atoms with Crippen molar-refractivity contribution in [3.63, 3.8) is 0 Å². The number of hydrogen-bond acceptors (Lipinski definition) is 5. The average molecular weight is 306 g/mol. The van der Waals surface area contributed by atoms with Crippen LogP contribution in [-0.4, -0.2) is 42.8 Å². The van der Waals surface area contributed by atoms with Crippen molar-refractivity contribution >= 4 is 11.9 Å². The average Bonchev–Trinajstić information content (AvgIpc) is 2.54. The van der Waals surface area contributed by atoms with Gasteiger partial charge in [0.1, 0.15) is 0 Å². The summed E-state index contributed by atoms with van der Waals surface area (Å²) >= 11 is 0. The van der Waals surface area contributed by atoms with Gasteiger partial charge in [-0.15, -0.1) is 0 Å². The molecule has 0 spiro atoms. The van der Waals surface area contributed by atoms with E-state index in [1.165, 1.54) is 7.11 Å². The molecule has 3 atom stereocenters. The zero-order chi connectivity index (χ0) is 16.1. The Morgan fingerprint density at radius 3 is 2.64 bits per heavy atom. The lowest BCUT2D eigenvalue weighted by atomic mass is 10.0. The lowest BCUT2D eigenvalue weighted by Crippen LogP contribution is -2.50. The highest BCUT2D eigenvalue weighted by Crippen LogP contribution is 2.15. The summed E-state index contributed by atoms with van der Waals surface area (Å²) in [5.74, 6) is -0.507. The summed E-state index contributed by atoms with van der Waals surface area (Å²) in [7, 11) is 1.34. The number of piperidine rings is 1. The first kappa shape index (κ1) is 16.5. The van der Waals surface area contributed by atoms with E-state index in [0.717, 1.165) is 5.56 Å². The van der Waals surface area contributed by atoms with Gasteiger partial charge in [-0.05, 0) is 44.0 Å². The minimum absolute atomic E-state index is 0.122. The molecule has 0 saturated carbocycles. The van der Waals surface area contributed by atoms with Gasteiger partial charge in [-0.25, -0.2) is 4.79 Å². The van der Waals surface area contributed by atoms with E-state index in [4.69, 9.17) is 0 Å². The lowest BCUT2D eigenvalue weighted by molar-refractivity contribution is -0.125. The van der Waals surface area contributed by atoms with Crippen LogP contribution in [0.15, 0.2) is 24.3 Å². The molecule has 1 heterocycles. The fourth-order valence-corrected chi connectivity index (χ4v) is 2.52. The van der Waals surface area contributed by atoms with Gasteiger partial charge in [0.25, 0.3) is 0 Å². The number of carbonyl (C=O) groups is 2. The topological polar surface area (TPSA) is 87.7 Å². The molecule has 120 valence electrons. The number of rotatable bonds is 4. The van der Waals surface area contributed by atoms with E-state index in [1.807, 2.05) is 6.92 Å². The van der Waals surface area contributed by atoms with Crippen LogP contribution in [-0.2, 0) is 9.53 Å². The summed E-state index contributed by atoms with van der Waals surface area (Å²) in [6.07, 6.45) is 0.681. The Bertz CT molecular complexity index is 529. The van der Waals surface area contributed by atoms with E-state index < -0.39 is 6.10 Å². The van der Waals surface area contributed by atoms with Crippen molar-refractivity contribution in [2.75, 3.05) is 13.7 Å². The molecule has 0 unspecified atom stereocenters. The van der Waals surface area contributed by atoms with Crippen LogP contribution in [0.25, 0.3) is 0 Å². The molecule has 1 saturated heterocycles. The zero-order valence-electron chi connectivity index (χ0n) is 12.8. The largest absolute Gasteiger partial charge is 0.465 e. The maximum Gasteiger partial charge on any atom is 0.337 e. The number of hydrogen-bond donors (Lipinski definition) is 3. The summed E-state index contributed by atoms with van der Waals surface area (Å²) in [5.41, 5.74) is 1.37. The van der Waals surface area contributed by atoms with Gasteiger partial charge in [0, 0.05) is 0 Å². The Morgan fingerprint density at radius 1 is 1.36 bits per heavy atom. The van der Waals surface area contributed by atoms with E-state index in [9.17, 15) is 14.7 Å². The molecule has 2 rings (SSSR count). The maximum atomic E-state index is 12.2. The summed E-state index contributed by atoms with van der Waals surface area (Å²) in [4.78, 5) is 23.6. The molecule has 0 aromatic heterocycles. The van der Waals surface area contributed by atoms with Crippen molar-refractivity contribution in [1.29, 1.82) is 0 Å². The predicted molar refractivity (Wildman–Crippen MR) is 81.4 cm³/mol. The Labute approximate surface area is 129 Å². The van der Waals surface area contributed by atoms with E-state index in [2.05, 4.69) is 15.4 Å². The number of esters is 1. The Kier molecular flexibility index (Phi) is 5.51. The van der Waals surface area contributed by atoms with Crippen LogP contribution in [0.1, 0.15) is 41.7 Å². The molecule has 1 fully saturated rings. The number of benzene rings is 1. The van der Waals surface area contributed by atoms with Gasteiger partial charge in [-0.1, -0.05) is 12.1 Å². The molecule has 0 aliphatic carbocycles. The minimum Gasteiger partial charge on any atom is -0.465 e. The molecular formula is C16H22N2O4. The molecule has 6 nitrogen and oxygen atoms in total. The van der Waals surface area contributed by atoms with Crippen LogP contribution in [0.5, 0.6) is 0 Å². The van der Waals surface area contributed by atoms with Crippen LogP contribution in [0.4, 0.5) is 0 Å². The number of amides is 1. The van der Waals surface area contributed by atoms with Crippen molar-refractivity contribution in [1.82, 2.24) is 10.6 Å². The highest BCUT2D eigenvalue weighted by atomic mass is 16.5. The molecule has 0 bridgehead atoms. The third-order valence-corrected chi connectivity index (χ3v) is 3.88. The zero-order valence-corrected chi connectivity index (χ0v) is 12.8. The first-order chi connectivity index (χ1) is 10.5. The summed E-state index contributed by atoms with van der Waals surface area (Å²) in [5, 5.41) is 15.6. The molecular weight excluding hydrogens is 284 g/mol. The van der Waals surface area contributed by atoms with Crippen molar-refractivity contribution in [3.8, 4) is 0 Å². The molecule has 1 amide bonds. The van der Waals surface area contributed by atoms with Crippen LogP contribution >= 0.6 is 0 Å². The lowest BCUT2D eigenvalue weighted by Gasteiger charge is -2.27. The second-order valence-corrected chi connectivity index (χ2v) is 5.53. The predicted octanol–water partition coefficient (Wildman–Crippen LogP) is 0.763. The van der Waals surface area contributed by atoms with Gasteiger partial charge in [0.15, 0.2) is 0 Å². The molecule has 1 aromatic carbocycles. The SMILES string of the molecule is COC(=O)c1ccc([C@H](C)NC(=O)[C@H]2C[C@@H](O)CCN2)cc1. The standard InChI is InChI=1S/C16H22N2O4/c1-10(11-3-5-12(6-4-11)16(21)22-2)18-15(20)14-9-13(19)7-8-17-14/h3-6,10,13-14,17,19H,7-9H2,1-2H3,(H,18,20)/t10-,13-,14+/m0/s1. The number of methoxy groups -OCH3 is 1. The molecule has 1 aromatic rings. The van der Waals surface area contributed by atoms with E-state index >= 15 is 0 Å². The van der Waals surface area contributed by atoms with Gasteiger partial charge >= 0.3 is 5.97 Å². The van der Waals surface area contributed by atoms with Crippen LogP contribution in [0.3, 0.4) is 0 Å². The number of carbonyl (C=O) groups excluding carboxylic acids is 2. The van der Waals surface area contributed by atoms with Crippen molar-refractivity contribution in [3.05, 3.63) is 35.4 Å². The first-order valence-electron chi connectivity index (χ1n) is 7.41. The normalized spacial score (nSPS) is 22.7. The van der Waals surface area contributed by atoms with Gasteiger partial charge in [0.2, 0.25) is 5.91 Å². The summed E-state index contributed by atoms with van der Waals surface area (Å²) in [6, 6.07) is 6.39. The van der Waals surface area contributed by atoms with Crippen LogP contribution in [0, 0.1) is 0 Å². The molecule has 3 N–H and O–H groups in total. The maximum absolute atomic E-state index is 12.2. The van der Waals surface area contributed by atoms with Gasteiger partial charge < -0.3 is 20.5 Å². The van der Waals surface area contributed by atoms with Gasteiger partial charge in [-0.2, -0.15) is 0 Å². The molecule has 6 heteroatoms. The highest BCUT2D eigenvalue weighted by Gasteiger charge is 2.26. The first-order valence-corrected chi connectivity index (χ1v) is 7.41. The monoisotopic (exact) mass is 306 g/mol. The van der Waals surface area contributed by atoms with Crippen molar-refractivity contribution in [2.45, 2.75) is 38.0 Å². The third kappa shape index (κ3) is 4.05. The van der Waals surface area contributed by atoms with E-state index in [0.29, 0.717) is 24.9 Å². The second-order valence-electron chi connectivity index (χ2n) is 5.53. The van der Waals surface area contributed by atoms with E-state index in [1.54, 1.807) is 24.3 Å². The Morgan fingerprint density at radius 2 is 2.05 bits per heavy atom. The van der Waals surface area contributed by atoms with Gasteiger partial charge in [-0.3, -0.25) is 4.79 Å². The van der Waals surface area contributed by atoms with E-state index in [-0.39, 0.29) is 24.0 Å².